The standard InChI is InChI=1S/C10H14F3N5O/c1-2-15-8(19)3-4-16-7-5-6(14)17-9(18-7)10(11,12)13/h5H,2-4H2,1H3,(H,15,19)(H3,14,16,17,18). The summed E-state index contributed by atoms with van der Waals surface area (Å²) in [4.78, 5) is 17.5. The number of halogens is 3. The number of hydrogen-bond donors (Lipinski definition) is 3. The van der Waals surface area contributed by atoms with Crippen molar-refractivity contribution in [3.63, 3.8) is 0 Å². The molecule has 0 bridgehead atoms. The van der Waals surface area contributed by atoms with Crippen LogP contribution in [0, 0.1) is 0 Å². The van der Waals surface area contributed by atoms with Gasteiger partial charge >= 0.3 is 6.18 Å². The van der Waals surface area contributed by atoms with Gasteiger partial charge in [0.15, 0.2) is 0 Å². The number of nitrogens with one attached hydrogen (secondary N) is 2. The zero-order chi connectivity index (χ0) is 14.5. The van der Waals surface area contributed by atoms with Gasteiger partial charge in [0, 0.05) is 25.6 Å². The summed E-state index contributed by atoms with van der Waals surface area (Å²) >= 11 is 0. The number of alkyl halides is 3. The molecule has 4 N–H and O–H groups in total. The molecular weight excluding hydrogens is 263 g/mol. The molecule has 1 amide bonds. The molecule has 0 saturated heterocycles. The zero-order valence-corrected chi connectivity index (χ0v) is 10.2. The molecule has 0 aliphatic carbocycles. The molecule has 0 spiro atoms. The molecule has 0 aromatic carbocycles. The minimum Gasteiger partial charge on any atom is -0.384 e. The van der Waals surface area contributed by atoms with Gasteiger partial charge in [0.05, 0.1) is 0 Å². The predicted octanol–water partition coefficient (Wildman–Crippen LogP) is 1.02. The topological polar surface area (TPSA) is 92.9 Å². The molecule has 0 unspecified atom stereocenters. The molecule has 1 aromatic rings. The minimum atomic E-state index is -4.66. The quantitative estimate of drug-likeness (QED) is 0.747. The van der Waals surface area contributed by atoms with Crippen LogP contribution in [0.4, 0.5) is 24.8 Å². The molecule has 0 radical (unpaired) electrons. The van der Waals surface area contributed by atoms with Gasteiger partial charge in [-0.3, -0.25) is 4.79 Å². The highest BCUT2D eigenvalue weighted by Gasteiger charge is 2.35. The van der Waals surface area contributed by atoms with E-state index >= 15 is 0 Å². The van der Waals surface area contributed by atoms with E-state index in [0.717, 1.165) is 0 Å². The summed E-state index contributed by atoms with van der Waals surface area (Å²) in [7, 11) is 0. The summed E-state index contributed by atoms with van der Waals surface area (Å²) in [6.45, 7) is 2.42. The molecule has 1 heterocycles. The van der Waals surface area contributed by atoms with Gasteiger partial charge in [-0.2, -0.15) is 13.2 Å². The molecule has 19 heavy (non-hydrogen) atoms. The van der Waals surface area contributed by atoms with Crippen molar-refractivity contribution >= 4 is 17.5 Å². The third-order valence-electron chi connectivity index (χ3n) is 2.03. The predicted molar refractivity (Wildman–Crippen MR) is 63.2 cm³/mol. The molecule has 0 aliphatic rings. The molecule has 1 aromatic heterocycles. The molecule has 6 nitrogen and oxygen atoms in total. The highest BCUT2D eigenvalue weighted by molar-refractivity contribution is 5.76. The third kappa shape index (κ3) is 4.98. The Bertz CT molecular complexity index is 449. The van der Waals surface area contributed by atoms with Crippen molar-refractivity contribution in [3.8, 4) is 0 Å². The number of carbonyl (C=O) groups is 1. The van der Waals surface area contributed by atoms with Crippen molar-refractivity contribution in [1.29, 1.82) is 0 Å². The van der Waals surface area contributed by atoms with Crippen LogP contribution in [0.2, 0.25) is 0 Å². The summed E-state index contributed by atoms with van der Waals surface area (Å²) in [5.41, 5.74) is 5.26. The Labute approximate surface area is 107 Å². The molecule has 0 fully saturated rings. The van der Waals surface area contributed by atoms with Gasteiger partial charge in [-0.25, -0.2) is 9.97 Å². The number of rotatable bonds is 5. The van der Waals surface area contributed by atoms with E-state index in [1.807, 2.05) is 0 Å². The van der Waals surface area contributed by atoms with Gasteiger partial charge in [0.2, 0.25) is 11.7 Å². The molecule has 9 heteroatoms. The van der Waals surface area contributed by atoms with Gasteiger partial charge in [-0.05, 0) is 6.92 Å². The smallest absolute Gasteiger partial charge is 0.384 e. The average molecular weight is 277 g/mol. The highest BCUT2D eigenvalue weighted by atomic mass is 19.4. The minimum absolute atomic E-state index is 0.0656. The first-order chi connectivity index (χ1) is 8.82. The van der Waals surface area contributed by atoms with Crippen LogP contribution in [0.25, 0.3) is 0 Å². The van der Waals surface area contributed by atoms with Gasteiger partial charge in [-0.15, -0.1) is 0 Å². The fourth-order valence-electron chi connectivity index (χ4n) is 1.27. The Morgan fingerprint density at radius 3 is 2.68 bits per heavy atom. The summed E-state index contributed by atoms with van der Waals surface area (Å²) in [6.07, 6.45) is -4.54. The first kappa shape index (κ1) is 15.0. The van der Waals surface area contributed by atoms with Crippen LogP contribution in [-0.4, -0.2) is 29.0 Å². The fourth-order valence-corrected chi connectivity index (χ4v) is 1.27. The lowest BCUT2D eigenvalue weighted by Gasteiger charge is -2.10. The first-order valence-electron chi connectivity index (χ1n) is 5.55. The van der Waals surface area contributed by atoms with Gasteiger partial charge in [0.1, 0.15) is 11.6 Å². The van der Waals surface area contributed by atoms with Crippen LogP contribution < -0.4 is 16.4 Å². The van der Waals surface area contributed by atoms with Crippen LogP contribution in [0.3, 0.4) is 0 Å². The van der Waals surface area contributed by atoms with E-state index in [-0.39, 0.29) is 30.5 Å². The Morgan fingerprint density at radius 1 is 1.42 bits per heavy atom. The second-order valence-electron chi connectivity index (χ2n) is 3.63. The number of nitrogens with two attached hydrogens (primary N) is 1. The molecular formula is C10H14F3N5O. The Kier molecular flexibility index (Phi) is 4.90. The lowest BCUT2D eigenvalue weighted by Crippen LogP contribution is -2.25. The van der Waals surface area contributed by atoms with E-state index in [9.17, 15) is 18.0 Å². The second kappa shape index (κ2) is 6.21. The van der Waals surface area contributed by atoms with Crippen LogP contribution in [-0.2, 0) is 11.0 Å². The zero-order valence-electron chi connectivity index (χ0n) is 10.2. The van der Waals surface area contributed by atoms with Crippen molar-refractivity contribution in [1.82, 2.24) is 15.3 Å². The van der Waals surface area contributed by atoms with Crippen molar-refractivity contribution in [3.05, 3.63) is 11.9 Å². The maximum Gasteiger partial charge on any atom is 0.451 e. The Hall–Kier alpha value is -2.06. The van der Waals surface area contributed by atoms with E-state index in [0.29, 0.717) is 6.54 Å². The number of hydrogen-bond acceptors (Lipinski definition) is 5. The number of nitrogens with zero attached hydrogens (tertiary/aromatic N) is 2. The molecule has 0 aliphatic heterocycles. The number of aromatic nitrogens is 2. The largest absolute Gasteiger partial charge is 0.451 e. The SMILES string of the molecule is CCNC(=O)CCNc1cc(N)nc(C(F)(F)F)n1. The lowest BCUT2D eigenvalue weighted by molar-refractivity contribution is -0.144. The van der Waals surface area contributed by atoms with Crippen LogP contribution in [0.5, 0.6) is 0 Å². The average Bonchev–Trinajstić information content (AvgIpc) is 2.27. The normalized spacial score (nSPS) is 11.2. The number of anilines is 2. The maximum atomic E-state index is 12.4. The van der Waals surface area contributed by atoms with Crippen molar-refractivity contribution in [2.24, 2.45) is 0 Å². The monoisotopic (exact) mass is 277 g/mol. The van der Waals surface area contributed by atoms with E-state index in [2.05, 4.69) is 20.6 Å². The van der Waals surface area contributed by atoms with Gasteiger partial charge < -0.3 is 16.4 Å². The maximum absolute atomic E-state index is 12.4. The van der Waals surface area contributed by atoms with E-state index in [1.54, 1.807) is 6.92 Å². The summed E-state index contributed by atoms with van der Waals surface area (Å²) in [5, 5.41) is 5.16. The van der Waals surface area contributed by atoms with Crippen molar-refractivity contribution in [2.45, 2.75) is 19.5 Å². The second-order valence-corrected chi connectivity index (χ2v) is 3.63. The number of amides is 1. The van der Waals surface area contributed by atoms with Gasteiger partial charge in [0.25, 0.3) is 0 Å². The summed E-state index contributed by atoms with van der Waals surface area (Å²) in [6, 6.07) is 1.17. The van der Waals surface area contributed by atoms with Crippen LogP contribution in [0.1, 0.15) is 19.2 Å². The van der Waals surface area contributed by atoms with Crippen LogP contribution in [0.15, 0.2) is 6.07 Å². The summed E-state index contributed by atoms with van der Waals surface area (Å²) in [5.74, 6) is -1.87. The lowest BCUT2D eigenvalue weighted by atomic mass is 10.4. The molecule has 0 atom stereocenters. The van der Waals surface area contributed by atoms with Crippen LogP contribution >= 0.6 is 0 Å². The summed E-state index contributed by atoms with van der Waals surface area (Å²) < 4.78 is 37.3. The Balaban J connectivity index is 2.64. The van der Waals surface area contributed by atoms with Crippen molar-refractivity contribution in [2.75, 3.05) is 24.1 Å². The molecule has 0 saturated carbocycles. The van der Waals surface area contributed by atoms with Gasteiger partial charge in [-0.1, -0.05) is 0 Å². The third-order valence-corrected chi connectivity index (χ3v) is 2.03. The molecule has 106 valence electrons. The van der Waals surface area contributed by atoms with E-state index in [1.165, 1.54) is 6.07 Å². The number of carbonyl (C=O) groups excluding carboxylic acids is 1. The molecule has 1 rings (SSSR count). The van der Waals surface area contributed by atoms with Crippen molar-refractivity contribution < 1.29 is 18.0 Å². The van der Waals surface area contributed by atoms with E-state index in [4.69, 9.17) is 5.73 Å². The van der Waals surface area contributed by atoms with E-state index < -0.39 is 12.0 Å². The highest BCUT2D eigenvalue weighted by Crippen LogP contribution is 2.27. The first-order valence-corrected chi connectivity index (χ1v) is 5.55. The number of nitrogen functional groups attached to an aromatic ring is 1. The Morgan fingerprint density at radius 2 is 2.11 bits per heavy atom. The fraction of sp³-hybridized carbons (Fsp3) is 0.500.